The molecule has 1 nitrogen and oxygen atoms in total. The second kappa shape index (κ2) is 5.76. The number of ketones is 1. The molecule has 2 aromatic rings. The largest absolute Gasteiger partial charge is 0.300 e. The summed E-state index contributed by atoms with van der Waals surface area (Å²) in [6, 6.07) is 24.1. The Morgan fingerprint density at radius 1 is 0.700 bits per heavy atom. The second-order valence-electron chi connectivity index (χ2n) is 5.71. The van der Waals surface area contributed by atoms with Crippen molar-refractivity contribution in [2.75, 3.05) is 0 Å². The standard InChI is InChI=1S/C18H20OSi/c19-16-8-7-14-20(15-13-16,17-9-3-1-4-10-17)18-11-5-2-6-12-18/h1-6,9-12H,7-8,13-15H2. The SMILES string of the molecule is O=C1CCC[Si](c2ccccc2)(c2ccccc2)CC1. The van der Waals surface area contributed by atoms with E-state index in [4.69, 9.17) is 0 Å². The van der Waals surface area contributed by atoms with Gasteiger partial charge in [-0.1, -0.05) is 71.0 Å². The predicted molar refractivity (Wildman–Crippen MR) is 86.4 cm³/mol. The van der Waals surface area contributed by atoms with Gasteiger partial charge in [-0.3, -0.25) is 4.79 Å². The fourth-order valence-corrected chi connectivity index (χ4v) is 8.33. The van der Waals surface area contributed by atoms with Gasteiger partial charge < -0.3 is 0 Å². The van der Waals surface area contributed by atoms with Crippen molar-refractivity contribution in [3.8, 4) is 0 Å². The van der Waals surface area contributed by atoms with Crippen molar-refractivity contribution in [3.63, 3.8) is 0 Å². The normalized spacial score (nSPS) is 18.5. The maximum Gasteiger partial charge on any atom is 0.132 e. The number of hydrogen-bond donors (Lipinski definition) is 0. The van der Waals surface area contributed by atoms with Crippen LogP contribution in [0.15, 0.2) is 60.7 Å². The molecule has 0 bridgehead atoms. The minimum absolute atomic E-state index is 0.450. The summed E-state index contributed by atoms with van der Waals surface area (Å²) in [6.07, 6.45) is 2.58. The van der Waals surface area contributed by atoms with Gasteiger partial charge in [0.2, 0.25) is 0 Å². The number of rotatable bonds is 2. The molecule has 2 aromatic carbocycles. The quantitative estimate of drug-likeness (QED) is 0.773. The van der Waals surface area contributed by atoms with Crippen LogP contribution in [0, 0.1) is 0 Å². The fraction of sp³-hybridized carbons (Fsp3) is 0.278. The number of hydrogen-bond acceptors (Lipinski definition) is 1. The lowest BCUT2D eigenvalue weighted by Gasteiger charge is -2.31. The molecular formula is C18H20OSi. The molecule has 0 aliphatic carbocycles. The van der Waals surface area contributed by atoms with Crippen LogP contribution < -0.4 is 10.4 Å². The summed E-state index contributed by atoms with van der Waals surface area (Å²) in [4.78, 5) is 11.9. The lowest BCUT2D eigenvalue weighted by atomic mass is 10.2. The van der Waals surface area contributed by atoms with Crippen LogP contribution in [0.1, 0.15) is 19.3 Å². The van der Waals surface area contributed by atoms with E-state index in [2.05, 4.69) is 60.7 Å². The first-order valence-corrected chi connectivity index (χ1v) is 9.85. The van der Waals surface area contributed by atoms with E-state index in [1.54, 1.807) is 0 Å². The first-order valence-electron chi connectivity index (χ1n) is 7.44. The molecule has 1 heterocycles. The molecule has 1 fully saturated rings. The zero-order valence-corrected chi connectivity index (χ0v) is 12.7. The average molecular weight is 280 g/mol. The van der Waals surface area contributed by atoms with Gasteiger partial charge in [-0.05, 0) is 18.5 Å². The van der Waals surface area contributed by atoms with Gasteiger partial charge in [0.05, 0.1) is 0 Å². The number of carbonyl (C=O) groups excluding carboxylic acids is 1. The molecule has 0 N–H and O–H groups in total. The van der Waals surface area contributed by atoms with Crippen LogP contribution in [0.3, 0.4) is 0 Å². The predicted octanol–water partition coefficient (Wildman–Crippen LogP) is 3.00. The van der Waals surface area contributed by atoms with Gasteiger partial charge in [0.1, 0.15) is 13.9 Å². The highest BCUT2D eigenvalue weighted by atomic mass is 28.3. The summed E-state index contributed by atoms with van der Waals surface area (Å²) in [6.45, 7) is 0. The molecule has 3 rings (SSSR count). The van der Waals surface area contributed by atoms with E-state index >= 15 is 0 Å². The molecule has 1 saturated heterocycles. The summed E-state index contributed by atoms with van der Waals surface area (Å²) < 4.78 is 0. The molecule has 0 spiro atoms. The third-order valence-electron chi connectivity index (χ3n) is 4.54. The lowest BCUT2D eigenvalue weighted by molar-refractivity contribution is -0.118. The van der Waals surface area contributed by atoms with Crippen LogP contribution in [0.4, 0.5) is 0 Å². The molecule has 0 radical (unpaired) electrons. The van der Waals surface area contributed by atoms with Crippen LogP contribution in [-0.4, -0.2) is 13.9 Å². The smallest absolute Gasteiger partial charge is 0.132 e. The maximum absolute atomic E-state index is 11.9. The summed E-state index contributed by atoms with van der Waals surface area (Å²) in [5, 5.41) is 2.97. The summed E-state index contributed by atoms with van der Waals surface area (Å²) in [5.41, 5.74) is 0. The van der Waals surface area contributed by atoms with E-state index in [0.717, 1.165) is 25.3 Å². The van der Waals surface area contributed by atoms with E-state index in [9.17, 15) is 4.79 Å². The van der Waals surface area contributed by atoms with E-state index < -0.39 is 8.07 Å². The maximum atomic E-state index is 11.9. The Bertz CT molecular complexity index is 537. The van der Waals surface area contributed by atoms with E-state index in [0.29, 0.717) is 5.78 Å². The fourth-order valence-electron chi connectivity index (χ4n) is 3.45. The van der Waals surface area contributed by atoms with Crippen molar-refractivity contribution in [2.45, 2.75) is 31.4 Å². The molecular weight excluding hydrogens is 260 g/mol. The molecule has 0 unspecified atom stereocenters. The third kappa shape index (κ3) is 2.48. The van der Waals surface area contributed by atoms with Gasteiger partial charge in [-0.15, -0.1) is 0 Å². The average Bonchev–Trinajstić information content (AvgIpc) is 2.72. The second-order valence-corrected chi connectivity index (χ2v) is 10.0. The first kappa shape index (κ1) is 13.3. The molecule has 2 heteroatoms. The Labute approximate surface area is 121 Å². The van der Waals surface area contributed by atoms with E-state index in [1.807, 2.05) is 0 Å². The van der Waals surface area contributed by atoms with Gasteiger partial charge in [0.15, 0.2) is 0 Å². The van der Waals surface area contributed by atoms with E-state index in [-0.39, 0.29) is 0 Å². The van der Waals surface area contributed by atoms with Crippen LogP contribution >= 0.6 is 0 Å². The van der Waals surface area contributed by atoms with Crippen molar-refractivity contribution < 1.29 is 4.79 Å². The molecule has 1 aliphatic rings. The van der Waals surface area contributed by atoms with Gasteiger partial charge >= 0.3 is 0 Å². The Balaban J connectivity index is 2.10. The first-order chi connectivity index (χ1) is 9.81. The molecule has 102 valence electrons. The van der Waals surface area contributed by atoms with Crippen molar-refractivity contribution >= 4 is 24.2 Å². The van der Waals surface area contributed by atoms with Crippen LogP contribution in [0.25, 0.3) is 0 Å². The molecule has 0 atom stereocenters. The third-order valence-corrected chi connectivity index (χ3v) is 9.73. The number of benzene rings is 2. The van der Waals surface area contributed by atoms with E-state index in [1.165, 1.54) is 16.4 Å². The Morgan fingerprint density at radius 3 is 1.80 bits per heavy atom. The molecule has 0 saturated carbocycles. The molecule has 0 amide bonds. The zero-order valence-electron chi connectivity index (χ0n) is 11.7. The zero-order chi connectivity index (χ0) is 13.8. The summed E-state index contributed by atoms with van der Waals surface area (Å²) in [7, 11) is -1.75. The Hall–Kier alpha value is -1.67. The Kier molecular flexibility index (Phi) is 3.83. The number of carbonyl (C=O) groups is 1. The Morgan fingerprint density at radius 2 is 1.25 bits per heavy atom. The minimum atomic E-state index is -1.75. The molecule has 0 aromatic heterocycles. The summed E-state index contributed by atoms with van der Waals surface area (Å²) in [5.74, 6) is 0.450. The van der Waals surface area contributed by atoms with Crippen LogP contribution in [0.2, 0.25) is 12.1 Å². The van der Waals surface area contributed by atoms with Gasteiger partial charge in [0.25, 0.3) is 0 Å². The highest BCUT2D eigenvalue weighted by molar-refractivity contribution is 7.02. The molecule has 1 aliphatic heterocycles. The van der Waals surface area contributed by atoms with Crippen molar-refractivity contribution in [3.05, 3.63) is 60.7 Å². The minimum Gasteiger partial charge on any atom is -0.300 e. The van der Waals surface area contributed by atoms with Gasteiger partial charge in [0, 0.05) is 12.8 Å². The molecule has 20 heavy (non-hydrogen) atoms. The lowest BCUT2D eigenvalue weighted by Crippen LogP contribution is -2.57. The highest BCUT2D eigenvalue weighted by Gasteiger charge is 2.38. The van der Waals surface area contributed by atoms with Crippen molar-refractivity contribution in [1.82, 2.24) is 0 Å². The topological polar surface area (TPSA) is 17.1 Å². The van der Waals surface area contributed by atoms with Crippen LogP contribution in [0.5, 0.6) is 0 Å². The summed E-state index contributed by atoms with van der Waals surface area (Å²) >= 11 is 0. The van der Waals surface area contributed by atoms with Crippen molar-refractivity contribution in [2.24, 2.45) is 0 Å². The number of Topliss-reactive ketones (excluding diaryl/α,β-unsaturated/α-hetero) is 1. The highest BCUT2D eigenvalue weighted by Crippen LogP contribution is 2.26. The van der Waals surface area contributed by atoms with Crippen LogP contribution in [-0.2, 0) is 4.79 Å². The van der Waals surface area contributed by atoms with Gasteiger partial charge in [-0.25, -0.2) is 0 Å². The monoisotopic (exact) mass is 280 g/mol. The van der Waals surface area contributed by atoms with Crippen molar-refractivity contribution in [1.29, 1.82) is 0 Å². The van der Waals surface area contributed by atoms with Gasteiger partial charge in [-0.2, -0.15) is 0 Å².